The van der Waals surface area contributed by atoms with Crippen LogP contribution in [0.2, 0.25) is 0 Å². The summed E-state index contributed by atoms with van der Waals surface area (Å²) in [6.07, 6.45) is 0.315. The molecule has 1 fully saturated rings. The van der Waals surface area contributed by atoms with Crippen molar-refractivity contribution in [1.29, 1.82) is 0 Å². The summed E-state index contributed by atoms with van der Waals surface area (Å²) in [6.45, 7) is -0.0529. The van der Waals surface area contributed by atoms with E-state index in [1.165, 1.54) is 0 Å². The van der Waals surface area contributed by atoms with Gasteiger partial charge < -0.3 is 15.7 Å². The number of nitrogens with zero attached hydrogens (tertiary/aromatic N) is 1. The fourth-order valence-corrected chi connectivity index (χ4v) is 3.16. The van der Waals surface area contributed by atoms with Crippen molar-refractivity contribution in [2.24, 2.45) is 0 Å². The highest BCUT2D eigenvalue weighted by Crippen LogP contribution is 2.14. The number of nitrogens with one attached hydrogen (secondary N) is 2. The van der Waals surface area contributed by atoms with Crippen molar-refractivity contribution in [3.8, 4) is 0 Å². The van der Waals surface area contributed by atoms with E-state index in [0.717, 1.165) is 16.0 Å². The quantitative estimate of drug-likeness (QED) is 0.599. The third-order valence-electron chi connectivity index (χ3n) is 4.59. The van der Waals surface area contributed by atoms with E-state index >= 15 is 0 Å². The van der Waals surface area contributed by atoms with Crippen LogP contribution < -0.4 is 10.6 Å². The molecule has 0 aliphatic carbocycles. The van der Waals surface area contributed by atoms with Gasteiger partial charge in [0.15, 0.2) is 0 Å². The highest BCUT2D eigenvalue weighted by Gasteiger charge is 2.39. The van der Waals surface area contributed by atoms with Crippen LogP contribution in [-0.2, 0) is 22.6 Å². The molecular formula is C21H23N3O4. The largest absolute Gasteiger partial charge is 0.394 e. The highest BCUT2D eigenvalue weighted by molar-refractivity contribution is 6.05. The molecule has 3 N–H and O–H groups in total. The van der Waals surface area contributed by atoms with Gasteiger partial charge in [0, 0.05) is 0 Å². The van der Waals surface area contributed by atoms with Gasteiger partial charge in [-0.15, -0.1) is 0 Å². The van der Waals surface area contributed by atoms with Crippen molar-refractivity contribution in [2.45, 2.75) is 31.5 Å². The van der Waals surface area contributed by atoms with Crippen molar-refractivity contribution in [1.82, 2.24) is 15.5 Å². The SMILES string of the molecule is O=C(C[C@H]1NC(=O)N(Cc2ccccc2)C1=O)N[C@H](CO)Cc1ccccc1. The molecule has 2 aromatic carbocycles. The number of urea groups is 1. The predicted octanol–water partition coefficient (Wildman–Crippen LogP) is 1.22. The molecular weight excluding hydrogens is 358 g/mol. The standard InChI is InChI=1S/C21H23N3O4/c25-14-17(11-15-7-3-1-4-8-15)22-19(26)12-18-20(27)24(21(28)23-18)13-16-9-5-2-6-10-16/h1-10,17-18,25H,11-14H2,(H,22,26)(H,23,28)/t17-,18+/m0/s1. The zero-order chi connectivity index (χ0) is 19.9. The normalized spacial score (nSPS) is 17.3. The van der Waals surface area contributed by atoms with Crippen LogP contribution in [0.25, 0.3) is 0 Å². The maximum atomic E-state index is 12.5. The number of amides is 4. The second-order valence-corrected chi connectivity index (χ2v) is 6.75. The van der Waals surface area contributed by atoms with Crippen LogP contribution in [0.1, 0.15) is 17.5 Å². The van der Waals surface area contributed by atoms with Gasteiger partial charge in [-0.3, -0.25) is 14.5 Å². The number of aliphatic hydroxyl groups is 1. The summed E-state index contributed by atoms with van der Waals surface area (Å²) < 4.78 is 0. The summed E-state index contributed by atoms with van der Waals surface area (Å²) in [5.74, 6) is -0.817. The third-order valence-corrected chi connectivity index (χ3v) is 4.59. The van der Waals surface area contributed by atoms with Crippen LogP contribution >= 0.6 is 0 Å². The van der Waals surface area contributed by atoms with Crippen LogP contribution in [0.4, 0.5) is 4.79 Å². The summed E-state index contributed by atoms with van der Waals surface area (Å²) in [5, 5.41) is 14.8. The first-order valence-corrected chi connectivity index (χ1v) is 9.16. The highest BCUT2D eigenvalue weighted by atomic mass is 16.3. The molecule has 0 saturated carbocycles. The average Bonchev–Trinajstić information content (AvgIpc) is 2.96. The number of hydrogen-bond acceptors (Lipinski definition) is 4. The second-order valence-electron chi connectivity index (χ2n) is 6.75. The number of rotatable bonds is 8. The zero-order valence-corrected chi connectivity index (χ0v) is 15.4. The lowest BCUT2D eigenvalue weighted by Gasteiger charge is -2.17. The molecule has 7 nitrogen and oxygen atoms in total. The van der Waals surface area contributed by atoms with E-state index in [4.69, 9.17) is 0 Å². The van der Waals surface area contributed by atoms with E-state index in [0.29, 0.717) is 6.42 Å². The van der Waals surface area contributed by atoms with Gasteiger partial charge in [-0.05, 0) is 17.5 Å². The lowest BCUT2D eigenvalue weighted by Crippen LogP contribution is -2.43. The molecule has 0 unspecified atom stereocenters. The molecule has 7 heteroatoms. The molecule has 0 radical (unpaired) electrons. The van der Waals surface area contributed by atoms with Crippen molar-refractivity contribution >= 4 is 17.8 Å². The van der Waals surface area contributed by atoms with Crippen LogP contribution in [0, 0.1) is 0 Å². The maximum absolute atomic E-state index is 12.5. The minimum Gasteiger partial charge on any atom is -0.394 e. The molecule has 3 rings (SSSR count). The van der Waals surface area contributed by atoms with Gasteiger partial charge in [0.1, 0.15) is 6.04 Å². The van der Waals surface area contributed by atoms with E-state index in [1.54, 1.807) is 0 Å². The van der Waals surface area contributed by atoms with E-state index < -0.39 is 29.9 Å². The number of carbonyl (C=O) groups is 3. The molecule has 4 amide bonds. The zero-order valence-electron chi connectivity index (χ0n) is 15.4. The Kier molecular flexibility index (Phi) is 6.39. The number of carbonyl (C=O) groups excluding carboxylic acids is 3. The van der Waals surface area contributed by atoms with Gasteiger partial charge in [-0.25, -0.2) is 4.79 Å². The van der Waals surface area contributed by atoms with Gasteiger partial charge in [0.25, 0.3) is 5.91 Å². The van der Waals surface area contributed by atoms with Crippen LogP contribution in [0.15, 0.2) is 60.7 Å². The summed E-state index contributed by atoms with van der Waals surface area (Å²) >= 11 is 0. The number of aliphatic hydroxyl groups excluding tert-OH is 1. The van der Waals surface area contributed by atoms with Crippen molar-refractivity contribution in [3.63, 3.8) is 0 Å². The van der Waals surface area contributed by atoms with E-state index in [1.807, 2.05) is 60.7 Å². The van der Waals surface area contributed by atoms with Crippen molar-refractivity contribution in [2.75, 3.05) is 6.61 Å². The molecule has 1 heterocycles. The van der Waals surface area contributed by atoms with Gasteiger partial charge in [0.2, 0.25) is 5.91 Å². The number of imide groups is 1. The first-order chi connectivity index (χ1) is 13.6. The molecule has 28 heavy (non-hydrogen) atoms. The van der Waals surface area contributed by atoms with Crippen molar-refractivity contribution < 1.29 is 19.5 Å². The maximum Gasteiger partial charge on any atom is 0.325 e. The molecule has 146 valence electrons. The van der Waals surface area contributed by atoms with Gasteiger partial charge in [0.05, 0.1) is 25.6 Å². The molecule has 1 aliphatic rings. The lowest BCUT2D eigenvalue weighted by atomic mass is 10.1. The Hall–Kier alpha value is -3.19. The fourth-order valence-electron chi connectivity index (χ4n) is 3.16. The fraction of sp³-hybridized carbons (Fsp3) is 0.286. The molecule has 1 aliphatic heterocycles. The summed E-state index contributed by atoms with van der Waals surface area (Å²) in [6, 6.07) is 16.8. The lowest BCUT2D eigenvalue weighted by molar-refractivity contribution is -0.131. The Labute approximate surface area is 163 Å². The molecule has 0 bridgehead atoms. The molecule has 1 saturated heterocycles. The molecule has 0 spiro atoms. The molecule has 0 aromatic heterocycles. The monoisotopic (exact) mass is 381 g/mol. The Morgan fingerprint density at radius 3 is 2.25 bits per heavy atom. The minimum absolute atomic E-state index is 0.164. The number of hydrogen-bond donors (Lipinski definition) is 3. The van der Waals surface area contributed by atoms with Crippen LogP contribution in [0.5, 0.6) is 0 Å². The Bertz CT molecular complexity index is 826. The number of benzene rings is 2. The van der Waals surface area contributed by atoms with Crippen LogP contribution in [-0.4, -0.2) is 46.5 Å². The average molecular weight is 381 g/mol. The summed E-state index contributed by atoms with van der Waals surface area (Å²) in [5.41, 5.74) is 1.82. The Balaban J connectivity index is 1.54. The summed E-state index contributed by atoms with van der Waals surface area (Å²) in [4.78, 5) is 38.1. The topological polar surface area (TPSA) is 98.7 Å². The Morgan fingerprint density at radius 2 is 1.64 bits per heavy atom. The molecule has 2 aromatic rings. The summed E-state index contributed by atoms with van der Waals surface area (Å²) in [7, 11) is 0. The smallest absolute Gasteiger partial charge is 0.325 e. The van der Waals surface area contributed by atoms with Gasteiger partial charge >= 0.3 is 6.03 Å². The first-order valence-electron chi connectivity index (χ1n) is 9.16. The predicted molar refractivity (Wildman–Crippen MR) is 103 cm³/mol. The van der Waals surface area contributed by atoms with E-state index in [2.05, 4.69) is 10.6 Å². The first kappa shape index (κ1) is 19.6. The van der Waals surface area contributed by atoms with E-state index in [9.17, 15) is 19.5 Å². The second kappa shape index (κ2) is 9.14. The third kappa shape index (κ3) is 4.95. The van der Waals surface area contributed by atoms with Crippen molar-refractivity contribution in [3.05, 3.63) is 71.8 Å². The Morgan fingerprint density at radius 1 is 1.04 bits per heavy atom. The minimum atomic E-state index is -0.896. The van der Waals surface area contributed by atoms with Gasteiger partial charge in [-0.1, -0.05) is 60.7 Å². The van der Waals surface area contributed by atoms with E-state index in [-0.39, 0.29) is 19.6 Å². The molecule has 2 atom stereocenters. The van der Waals surface area contributed by atoms with Crippen LogP contribution in [0.3, 0.4) is 0 Å². The van der Waals surface area contributed by atoms with Gasteiger partial charge in [-0.2, -0.15) is 0 Å².